The van der Waals surface area contributed by atoms with Gasteiger partial charge < -0.3 is 4.42 Å². The highest BCUT2D eigenvalue weighted by Crippen LogP contribution is 2.26. The molecule has 0 fully saturated rings. The van der Waals surface area contributed by atoms with Crippen molar-refractivity contribution in [2.24, 2.45) is 0 Å². The third-order valence-electron chi connectivity index (χ3n) is 3.96. The van der Waals surface area contributed by atoms with E-state index in [2.05, 4.69) is 46.6 Å². The maximum atomic E-state index is 5.89. The van der Waals surface area contributed by atoms with Crippen molar-refractivity contribution in [3.8, 4) is 23.8 Å². The van der Waals surface area contributed by atoms with Gasteiger partial charge in [0.05, 0.1) is 12.2 Å². The van der Waals surface area contributed by atoms with Crippen molar-refractivity contribution in [3.63, 3.8) is 0 Å². The molecule has 3 aromatic rings. The standard InChI is InChI=1S/C21H20N2O/c1-4-12-23(13-5-2)15-20-16(3)24-21(22-20)19-11-10-17-8-6-7-9-18(17)14-19/h1,5-11,14H,2,12-13,15H2,3H3. The minimum Gasteiger partial charge on any atom is -0.441 e. The highest BCUT2D eigenvalue weighted by atomic mass is 16.4. The van der Waals surface area contributed by atoms with Crippen LogP contribution in [0.2, 0.25) is 0 Å². The summed E-state index contributed by atoms with van der Waals surface area (Å²) in [6.45, 7) is 7.65. The Morgan fingerprint density at radius 2 is 2.04 bits per heavy atom. The summed E-state index contributed by atoms with van der Waals surface area (Å²) in [6, 6.07) is 14.5. The maximum absolute atomic E-state index is 5.89. The van der Waals surface area contributed by atoms with Gasteiger partial charge in [0.2, 0.25) is 5.89 Å². The van der Waals surface area contributed by atoms with Crippen LogP contribution in [0.3, 0.4) is 0 Å². The van der Waals surface area contributed by atoms with E-state index in [0.29, 0.717) is 19.0 Å². The fraction of sp³-hybridized carbons (Fsp3) is 0.190. The molecule has 0 atom stereocenters. The Balaban J connectivity index is 1.89. The van der Waals surface area contributed by atoms with Crippen LogP contribution in [0.5, 0.6) is 0 Å². The molecule has 2 aromatic carbocycles. The van der Waals surface area contributed by atoms with Gasteiger partial charge in [-0.05, 0) is 29.8 Å². The molecule has 0 aliphatic heterocycles. The van der Waals surface area contributed by atoms with E-state index in [9.17, 15) is 0 Å². The first-order chi connectivity index (χ1) is 11.7. The van der Waals surface area contributed by atoms with Gasteiger partial charge in [-0.2, -0.15) is 0 Å². The first-order valence-corrected chi connectivity index (χ1v) is 7.93. The molecular weight excluding hydrogens is 296 g/mol. The summed E-state index contributed by atoms with van der Waals surface area (Å²) in [5.74, 6) is 4.14. The molecule has 1 aromatic heterocycles. The summed E-state index contributed by atoms with van der Waals surface area (Å²) in [6.07, 6.45) is 7.27. The quantitative estimate of drug-likeness (QED) is 0.498. The lowest BCUT2D eigenvalue weighted by Gasteiger charge is -2.15. The zero-order chi connectivity index (χ0) is 16.9. The lowest BCUT2D eigenvalue weighted by molar-refractivity contribution is 0.326. The molecule has 0 radical (unpaired) electrons. The summed E-state index contributed by atoms with van der Waals surface area (Å²) >= 11 is 0. The number of oxazole rings is 1. The monoisotopic (exact) mass is 316 g/mol. The first-order valence-electron chi connectivity index (χ1n) is 7.93. The first kappa shape index (κ1) is 16.0. The summed E-state index contributed by atoms with van der Waals surface area (Å²) in [5.41, 5.74) is 1.89. The van der Waals surface area contributed by atoms with Crippen LogP contribution in [-0.2, 0) is 6.54 Å². The molecule has 0 saturated heterocycles. The van der Waals surface area contributed by atoms with Crippen molar-refractivity contribution < 1.29 is 4.42 Å². The molecular formula is C21H20N2O. The topological polar surface area (TPSA) is 29.3 Å². The van der Waals surface area contributed by atoms with Crippen LogP contribution in [0.15, 0.2) is 59.5 Å². The van der Waals surface area contributed by atoms with Crippen molar-refractivity contribution in [3.05, 3.63) is 66.6 Å². The molecule has 3 rings (SSSR count). The third-order valence-corrected chi connectivity index (χ3v) is 3.96. The second-order valence-corrected chi connectivity index (χ2v) is 5.75. The Kier molecular flexibility index (Phi) is 4.79. The van der Waals surface area contributed by atoms with E-state index in [0.717, 1.165) is 23.6 Å². The highest BCUT2D eigenvalue weighted by molar-refractivity contribution is 5.86. The number of rotatable bonds is 6. The summed E-state index contributed by atoms with van der Waals surface area (Å²) in [7, 11) is 0. The van der Waals surface area contributed by atoms with Crippen LogP contribution < -0.4 is 0 Å². The number of nitrogens with zero attached hydrogens (tertiary/aromatic N) is 2. The fourth-order valence-corrected chi connectivity index (χ4v) is 2.73. The van der Waals surface area contributed by atoms with Crippen LogP contribution >= 0.6 is 0 Å². The van der Waals surface area contributed by atoms with Crippen molar-refractivity contribution >= 4 is 10.8 Å². The molecule has 0 unspecified atom stereocenters. The zero-order valence-electron chi connectivity index (χ0n) is 13.8. The summed E-state index contributed by atoms with van der Waals surface area (Å²) in [5, 5.41) is 2.38. The second kappa shape index (κ2) is 7.16. The van der Waals surface area contributed by atoms with E-state index in [4.69, 9.17) is 10.8 Å². The minimum atomic E-state index is 0.559. The molecule has 0 spiro atoms. The van der Waals surface area contributed by atoms with Gasteiger partial charge >= 0.3 is 0 Å². The molecule has 0 bridgehead atoms. The van der Waals surface area contributed by atoms with E-state index in [1.807, 2.05) is 31.2 Å². The van der Waals surface area contributed by atoms with Gasteiger partial charge in [0, 0.05) is 18.7 Å². The molecule has 0 aliphatic carbocycles. The lowest BCUT2D eigenvalue weighted by Crippen LogP contribution is -2.24. The van der Waals surface area contributed by atoms with Gasteiger partial charge in [0.25, 0.3) is 0 Å². The molecule has 0 N–H and O–H groups in total. The Labute approximate surface area is 142 Å². The SMILES string of the molecule is C#CCN(CC=C)Cc1nc(-c2ccc3ccccc3c2)oc1C. The molecule has 3 heteroatoms. The average Bonchev–Trinajstić information content (AvgIpc) is 2.96. The summed E-state index contributed by atoms with van der Waals surface area (Å²) in [4.78, 5) is 6.78. The van der Waals surface area contributed by atoms with Crippen molar-refractivity contribution in [1.82, 2.24) is 9.88 Å². The normalized spacial score (nSPS) is 10.9. The van der Waals surface area contributed by atoms with E-state index in [-0.39, 0.29) is 0 Å². The molecule has 0 amide bonds. The minimum absolute atomic E-state index is 0.559. The molecule has 24 heavy (non-hydrogen) atoms. The fourth-order valence-electron chi connectivity index (χ4n) is 2.73. The van der Waals surface area contributed by atoms with Gasteiger partial charge in [-0.3, -0.25) is 4.90 Å². The van der Waals surface area contributed by atoms with E-state index in [1.165, 1.54) is 10.8 Å². The molecule has 120 valence electrons. The van der Waals surface area contributed by atoms with Crippen LogP contribution in [-0.4, -0.2) is 23.0 Å². The molecule has 3 nitrogen and oxygen atoms in total. The Morgan fingerprint density at radius 1 is 1.25 bits per heavy atom. The second-order valence-electron chi connectivity index (χ2n) is 5.75. The maximum Gasteiger partial charge on any atom is 0.226 e. The van der Waals surface area contributed by atoms with Gasteiger partial charge in [0.15, 0.2) is 0 Å². The predicted octanol–water partition coefficient (Wildman–Crippen LogP) is 4.42. The third kappa shape index (κ3) is 3.40. The van der Waals surface area contributed by atoms with Crippen LogP contribution in [0.4, 0.5) is 0 Å². The Morgan fingerprint density at radius 3 is 2.79 bits per heavy atom. The van der Waals surface area contributed by atoms with Gasteiger partial charge in [-0.1, -0.05) is 42.3 Å². The number of terminal acetylenes is 1. The zero-order valence-corrected chi connectivity index (χ0v) is 13.8. The lowest BCUT2D eigenvalue weighted by atomic mass is 10.1. The number of aromatic nitrogens is 1. The Bertz CT molecular complexity index is 902. The van der Waals surface area contributed by atoms with E-state index < -0.39 is 0 Å². The number of fused-ring (bicyclic) bond motifs is 1. The van der Waals surface area contributed by atoms with Gasteiger partial charge in [-0.25, -0.2) is 4.98 Å². The molecule has 1 heterocycles. The van der Waals surface area contributed by atoms with Crippen LogP contribution in [0, 0.1) is 19.3 Å². The van der Waals surface area contributed by atoms with Gasteiger partial charge in [0.1, 0.15) is 5.76 Å². The number of aryl methyl sites for hydroxylation is 1. The predicted molar refractivity (Wildman–Crippen MR) is 98.5 cm³/mol. The van der Waals surface area contributed by atoms with E-state index in [1.54, 1.807) is 0 Å². The summed E-state index contributed by atoms with van der Waals surface area (Å²) < 4.78 is 5.89. The van der Waals surface area contributed by atoms with Crippen molar-refractivity contribution in [1.29, 1.82) is 0 Å². The number of hydrogen-bond donors (Lipinski definition) is 0. The number of benzene rings is 2. The highest BCUT2D eigenvalue weighted by Gasteiger charge is 2.14. The van der Waals surface area contributed by atoms with Crippen molar-refractivity contribution in [2.75, 3.05) is 13.1 Å². The number of hydrogen-bond acceptors (Lipinski definition) is 3. The van der Waals surface area contributed by atoms with Gasteiger partial charge in [-0.15, -0.1) is 13.0 Å². The van der Waals surface area contributed by atoms with Crippen molar-refractivity contribution in [2.45, 2.75) is 13.5 Å². The van der Waals surface area contributed by atoms with Crippen LogP contribution in [0.25, 0.3) is 22.2 Å². The molecule has 0 saturated carbocycles. The smallest absolute Gasteiger partial charge is 0.226 e. The largest absolute Gasteiger partial charge is 0.441 e. The Hall–Kier alpha value is -2.83. The average molecular weight is 316 g/mol. The van der Waals surface area contributed by atoms with E-state index >= 15 is 0 Å². The van der Waals surface area contributed by atoms with Crippen LogP contribution in [0.1, 0.15) is 11.5 Å². The molecule has 0 aliphatic rings.